The SMILES string of the molecule is CC1(C)c2cc(-c3ccc(N(c4ccccc4)c4ccccc4)cc3)ccc2-c2c(-c3ccccc3)c3ccc(N(c4ccccc4)c4ccccc4)cc3c3cccc1c23. The Bertz CT molecular complexity index is 3100. The minimum absolute atomic E-state index is 0.255. The molecule has 2 nitrogen and oxygen atoms in total. The summed E-state index contributed by atoms with van der Waals surface area (Å²) in [5.74, 6) is 0. The number of rotatable bonds is 8. The topological polar surface area (TPSA) is 6.48 Å². The largest absolute Gasteiger partial charge is 0.311 e. The van der Waals surface area contributed by atoms with Crippen LogP contribution in [0.5, 0.6) is 0 Å². The lowest BCUT2D eigenvalue weighted by Gasteiger charge is -2.37. The van der Waals surface area contributed by atoms with Crippen LogP contribution < -0.4 is 9.80 Å². The fourth-order valence-corrected chi connectivity index (χ4v) is 9.72. The highest BCUT2D eigenvalue weighted by Crippen LogP contribution is 2.55. The molecule has 290 valence electrons. The van der Waals surface area contributed by atoms with Gasteiger partial charge in [0.05, 0.1) is 0 Å². The average Bonchev–Trinajstić information content (AvgIpc) is 3.32. The molecule has 61 heavy (non-hydrogen) atoms. The third-order valence-corrected chi connectivity index (χ3v) is 12.6. The lowest BCUT2D eigenvalue weighted by atomic mass is 9.66. The average molecular weight is 781 g/mol. The van der Waals surface area contributed by atoms with Crippen LogP contribution in [0.25, 0.3) is 54.9 Å². The highest BCUT2D eigenvalue weighted by Gasteiger charge is 2.36. The lowest BCUT2D eigenvalue weighted by molar-refractivity contribution is 0.645. The highest BCUT2D eigenvalue weighted by molar-refractivity contribution is 6.24. The number of hydrogen-bond acceptors (Lipinski definition) is 2. The van der Waals surface area contributed by atoms with Crippen LogP contribution in [-0.2, 0) is 5.41 Å². The van der Waals surface area contributed by atoms with Crippen LogP contribution in [0.15, 0.2) is 231 Å². The molecule has 2 heteroatoms. The zero-order chi connectivity index (χ0) is 40.9. The molecule has 10 aromatic carbocycles. The van der Waals surface area contributed by atoms with Gasteiger partial charge in [-0.15, -0.1) is 0 Å². The van der Waals surface area contributed by atoms with Crippen molar-refractivity contribution >= 4 is 55.7 Å². The van der Waals surface area contributed by atoms with E-state index in [0.29, 0.717) is 0 Å². The van der Waals surface area contributed by atoms with E-state index in [0.717, 1.165) is 34.1 Å². The maximum Gasteiger partial charge on any atom is 0.0468 e. The van der Waals surface area contributed by atoms with E-state index < -0.39 is 0 Å². The minimum Gasteiger partial charge on any atom is -0.311 e. The summed E-state index contributed by atoms with van der Waals surface area (Å²) >= 11 is 0. The summed E-state index contributed by atoms with van der Waals surface area (Å²) in [4.78, 5) is 4.68. The zero-order valence-electron chi connectivity index (χ0n) is 34.3. The second kappa shape index (κ2) is 14.9. The fraction of sp³-hybridized carbons (Fsp3) is 0.0508. The van der Waals surface area contributed by atoms with E-state index in [4.69, 9.17) is 0 Å². The fourth-order valence-electron chi connectivity index (χ4n) is 9.72. The van der Waals surface area contributed by atoms with Crippen molar-refractivity contribution in [3.8, 4) is 33.4 Å². The van der Waals surface area contributed by atoms with E-state index in [1.807, 2.05) is 0 Å². The molecule has 0 saturated carbocycles. The summed E-state index contributed by atoms with van der Waals surface area (Å²) in [7, 11) is 0. The number of benzene rings is 10. The number of anilines is 6. The van der Waals surface area contributed by atoms with Gasteiger partial charge in [-0.1, -0.05) is 166 Å². The molecule has 0 amide bonds. The van der Waals surface area contributed by atoms with Gasteiger partial charge in [-0.3, -0.25) is 0 Å². The normalized spacial score (nSPS) is 12.6. The summed E-state index contributed by atoms with van der Waals surface area (Å²) in [6.07, 6.45) is 0. The zero-order valence-corrected chi connectivity index (χ0v) is 34.3. The van der Waals surface area contributed by atoms with E-state index in [1.54, 1.807) is 0 Å². The third-order valence-electron chi connectivity index (χ3n) is 12.6. The summed E-state index contributed by atoms with van der Waals surface area (Å²) in [6, 6.07) is 83.9. The van der Waals surface area contributed by atoms with Crippen molar-refractivity contribution in [2.45, 2.75) is 19.3 Å². The summed E-state index contributed by atoms with van der Waals surface area (Å²) < 4.78 is 0. The number of hydrogen-bond donors (Lipinski definition) is 0. The van der Waals surface area contributed by atoms with Crippen LogP contribution in [0, 0.1) is 0 Å². The lowest BCUT2D eigenvalue weighted by Crippen LogP contribution is -2.24. The molecular formula is C59H44N2. The van der Waals surface area contributed by atoms with Gasteiger partial charge in [0.15, 0.2) is 0 Å². The Balaban J connectivity index is 1.09. The maximum atomic E-state index is 2.46. The number of nitrogens with zero attached hydrogens (tertiary/aromatic N) is 2. The molecular weight excluding hydrogens is 737 g/mol. The van der Waals surface area contributed by atoms with Crippen molar-refractivity contribution in [1.29, 1.82) is 0 Å². The molecule has 1 aliphatic carbocycles. The Morgan fingerprint density at radius 1 is 0.295 bits per heavy atom. The van der Waals surface area contributed by atoms with Gasteiger partial charge in [0.1, 0.15) is 0 Å². The van der Waals surface area contributed by atoms with E-state index in [9.17, 15) is 0 Å². The highest BCUT2D eigenvalue weighted by atomic mass is 15.1. The minimum atomic E-state index is -0.255. The molecule has 0 heterocycles. The first-order valence-electron chi connectivity index (χ1n) is 21.2. The van der Waals surface area contributed by atoms with Gasteiger partial charge in [-0.25, -0.2) is 0 Å². The van der Waals surface area contributed by atoms with Crippen LogP contribution >= 0.6 is 0 Å². The van der Waals surface area contributed by atoms with Crippen molar-refractivity contribution in [3.05, 3.63) is 242 Å². The van der Waals surface area contributed by atoms with Gasteiger partial charge >= 0.3 is 0 Å². The second-order valence-electron chi connectivity index (χ2n) is 16.5. The summed E-state index contributed by atoms with van der Waals surface area (Å²) in [5, 5.41) is 5.13. The van der Waals surface area contributed by atoms with Crippen LogP contribution in [0.3, 0.4) is 0 Å². The van der Waals surface area contributed by atoms with Crippen molar-refractivity contribution in [3.63, 3.8) is 0 Å². The van der Waals surface area contributed by atoms with Gasteiger partial charge in [0.25, 0.3) is 0 Å². The van der Waals surface area contributed by atoms with Gasteiger partial charge in [0.2, 0.25) is 0 Å². The van der Waals surface area contributed by atoms with Crippen molar-refractivity contribution in [1.82, 2.24) is 0 Å². The van der Waals surface area contributed by atoms with E-state index in [1.165, 1.54) is 66.1 Å². The molecule has 0 atom stereocenters. The van der Waals surface area contributed by atoms with Gasteiger partial charge in [-0.2, -0.15) is 0 Å². The molecule has 0 fully saturated rings. The van der Waals surface area contributed by atoms with Gasteiger partial charge in [-0.05, 0) is 145 Å². The van der Waals surface area contributed by atoms with Crippen LogP contribution in [-0.4, -0.2) is 0 Å². The first kappa shape index (κ1) is 36.4. The van der Waals surface area contributed by atoms with Gasteiger partial charge in [0, 0.05) is 39.5 Å². The molecule has 0 bridgehead atoms. The quantitative estimate of drug-likeness (QED) is 0.142. The van der Waals surface area contributed by atoms with Crippen molar-refractivity contribution < 1.29 is 0 Å². The van der Waals surface area contributed by atoms with E-state index in [-0.39, 0.29) is 5.41 Å². The molecule has 0 aromatic heterocycles. The maximum absolute atomic E-state index is 2.46. The van der Waals surface area contributed by atoms with E-state index in [2.05, 4.69) is 254 Å². The Kier molecular flexibility index (Phi) is 8.86. The Morgan fingerprint density at radius 2 is 0.770 bits per heavy atom. The number of fused-ring (bicyclic) bond motifs is 4. The molecule has 0 radical (unpaired) electrons. The molecule has 0 N–H and O–H groups in total. The molecule has 0 saturated heterocycles. The van der Waals surface area contributed by atoms with Crippen LogP contribution in [0.4, 0.5) is 34.1 Å². The van der Waals surface area contributed by atoms with Gasteiger partial charge < -0.3 is 9.80 Å². The van der Waals surface area contributed by atoms with E-state index >= 15 is 0 Å². The Hall–Kier alpha value is -7.68. The first-order valence-corrected chi connectivity index (χ1v) is 21.2. The van der Waals surface area contributed by atoms with Crippen LogP contribution in [0.1, 0.15) is 25.0 Å². The third kappa shape index (κ3) is 6.19. The molecule has 0 spiro atoms. The second-order valence-corrected chi connectivity index (χ2v) is 16.5. The Morgan fingerprint density at radius 3 is 1.33 bits per heavy atom. The summed E-state index contributed by atoms with van der Waals surface area (Å²) in [5.41, 5.74) is 16.8. The molecule has 11 rings (SSSR count). The summed E-state index contributed by atoms with van der Waals surface area (Å²) in [6.45, 7) is 4.81. The predicted octanol–water partition coefficient (Wildman–Crippen LogP) is 16.6. The molecule has 0 unspecified atom stereocenters. The predicted molar refractivity (Wildman–Crippen MR) is 259 cm³/mol. The Labute approximate surface area is 358 Å². The van der Waals surface area contributed by atoms with Crippen LogP contribution in [0.2, 0.25) is 0 Å². The monoisotopic (exact) mass is 780 g/mol. The molecule has 10 aromatic rings. The molecule has 0 aliphatic heterocycles. The van der Waals surface area contributed by atoms with Crippen molar-refractivity contribution in [2.24, 2.45) is 0 Å². The standard InChI is InChI=1S/C59H44N2/c1-59(2)54-30-18-29-50-53-40-49(61(46-25-14-6-15-26-46)47-27-16-7-17-28-47)36-38-51(53)56(42-19-8-3-9-20-42)58(57(50)54)52-37-33-43(39-55(52)59)41-31-34-48(35-32-41)60(44-21-10-4-11-22-44)45-23-12-5-13-24-45/h3-40H,1-2H3. The smallest absolute Gasteiger partial charge is 0.0468 e. The number of para-hydroxylation sites is 4. The molecule has 1 aliphatic rings. The first-order chi connectivity index (χ1) is 30.0. The van der Waals surface area contributed by atoms with Crippen molar-refractivity contribution in [2.75, 3.05) is 9.80 Å².